The highest BCUT2D eigenvalue weighted by Crippen LogP contribution is 2.35. The first-order chi connectivity index (χ1) is 12.1. The van der Waals surface area contributed by atoms with Crippen molar-refractivity contribution in [2.24, 2.45) is 5.41 Å². The van der Waals surface area contributed by atoms with Crippen molar-refractivity contribution in [3.8, 4) is 0 Å². The molecule has 1 saturated heterocycles. The number of hydrogen-bond donors (Lipinski definition) is 1. The molecule has 1 fully saturated rings. The van der Waals surface area contributed by atoms with Crippen LogP contribution in [0.1, 0.15) is 49.2 Å². The van der Waals surface area contributed by atoms with E-state index >= 15 is 0 Å². The van der Waals surface area contributed by atoms with E-state index in [0.717, 1.165) is 10.7 Å². The van der Waals surface area contributed by atoms with E-state index in [1.54, 1.807) is 0 Å². The van der Waals surface area contributed by atoms with Gasteiger partial charge in [-0.2, -0.15) is 0 Å². The standard InChI is InChI=1S/C19H24N4O2S/c1-11-6-7-14(8-12(11)2)23-10-13(9-15(23)24)16-21-22-18(26-16)20-17(25)19(3,4)5/h6-8,13H,9-10H2,1-5H3,(H,20,22,25). The summed E-state index contributed by atoms with van der Waals surface area (Å²) in [6.45, 7) is 10.2. The molecule has 0 spiro atoms. The molecule has 1 aromatic carbocycles. The molecule has 0 bridgehead atoms. The first kappa shape index (κ1) is 18.5. The van der Waals surface area contributed by atoms with Crippen LogP contribution in [0.15, 0.2) is 18.2 Å². The second-order valence-corrected chi connectivity index (χ2v) is 8.83. The van der Waals surface area contributed by atoms with Gasteiger partial charge < -0.3 is 10.2 Å². The van der Waals surface area contributed by atoms with E-state index in [4.69, 9.17) is 0 Å². The lowest BCUT2D eigenvalue weighted by molar-refractivity contribution is -0.123. The maximum absolute atomic E-state index is 12.5. The summed E-state index contributed by atoms with van der Waals surface area (Å²) >= 11 is 1.35. The summed E-state index contributed by atoms with van der Waals surface area (Å²) in [4.78, 5) is 26.4. The molecule has 1 N–H and O–H groups in total. The van der Waals surface area contributed by atoms with Gasteiger partial charge in [-0.05, 0) is 37.1 Å². The van der Waals surface area contributed by atoms with E-state index in [0.29, 0.717) is 18.1 Å². The van der Waals surface area contributed by atoms with Crippen molar-refractivity contribution in [3.63, 3.8) is 0 Å². The molecule has 0 saturated carbocycles. The first-order valence-corrected chi connectivity index (χ1v) is 9.49. The number of hydrogen-bond acceptors (Lipinski definition) is 5. The molecule has 2 aromatic rings. The van der Waals surface area contributed by atoms with Crippen LogP contribution in [-0.2, 0) is 9.59 Å². The molecule has 1 aliphatic rings. The van der Waals surface area contributed by atoms with E-state index in [1.165, 1.54) is 22.5 Å². The molecular formula is C19H24N4O2S. The van der Waals surface area contributed by atoms with E-state index in [1.807, 2.05) is 50.8 Å². The highest BCUT2D eigenvalue weighted by Gasteiger charge is 2.34. The Bertz CT molecular complexity index is 853. The molecular weight excluding hydrogens is 348 g/mol. The summed E-state index contributed by atoms with van der Waals surface area (Å²) in [5.41, 5.74) is 2.81. The van der Waals surface area contributed by atoms with Gasteiger partial charge in [0.25, 0.3) is 0 Å². The number of nitrogens with one attached hydrogen (secondary N) is 1. The quantitative estimate of drug-likeness (QED) is 0.892. The minimum absolute atomic E-state index is 0.00176. The Hall–Kier alpha value is -2.28. The minimum Gasteiger partial charge on any atom is -0.312 e. The first-order valence-electron chi connectivity index (χ1n) is 8.67. The molecule has 2 amide bonds. The van der Waals surface area contributed by atoms with E-state index in [-0.39, 0.29) is 17.7 Å². The molecule has 3 rings (SSSR count). The highest BCUT2D eigenvalue weighted by atomic mass is 32.1. The fourth-order valence-corrected chi connectivity index (χ4v) is 3.58. The van der Waals surface area contributed by atoms with Crippen LogP contribution in [0.2, 0.25) is 0 Å². The lowest BCUT2D eigenvalue weighted by Gasteiger charge is -2.17. The highest BCUT2D eigenvalue weighted by molar-refractivity contribution is 7.15. The number of nitrogens with zero attached hydrogens (tertiary/aromatic N) is 3. The summed E-state index contributed by atoms with van der Waals surface area (Å²) in [7, 11) is 0. The van der Waals surface area contributed by atoms with Crippen molar-refractivity contribution in [2.45, 2.75) is 47.0 Å². The predicted molar refractivity (Wildman–Crippen MR) is 104 cm³/mol. The number of anilines is 2. The third-order valence-electron chi connectivity index (χ3n) is 4.62. The largest absolute Gasteiger partial charge is 0.312 e. The van der Waals surface area contributed by atoms with Gasteiger partial charge in [0.15, 0.2) is 0 Å². The van der Waals surface area contributed by atoms with Gasteiger partial charge in [0.1, 0.15) is 5.01 Å². The Morgan fingerprint density at radius 3 is 2.62 bits per heavy atom. The van der Waals surface area contributed by atoms with Crippen molar-refractivity contribution in [2.75, 3.05) is 16.8 Å². The van der Waals surface area contributed by atoms with Gasteiger partial charge in [0, 0.05) is 30.0 Å². The fraction of sp³-hybridized carbons (Fsp3) is 0.474. The molecule has 1 atom stereocenters. The van der Waals surface area contributed by atoms with Gasteiger partial charge in [0.05, 0.1) is 0 Å². The van der Waals surface area contributed by atoms with Crippen LogP contribution in [-0.4, -0.2) is 28.6 Å². The second kappa shape index (κ2) is 6.79. The molecule has 1 aromatic heterocycles. The lowest BCUT2D eigenvalue weighted by atomic mass is 9.96. The van der Waals surface area contributed by atoms with Gasteiger partial charge in [-0.15, -0.1) is 10.2 Å². The van der Waals surface area contributed by atoms with Crippen molar-refractivity contribution >= 4 is 34.0 Å². The van der Waals surface area contributed by atoms with Gasteiger partial charge in [-0.3, -0.25) is 9.59 Å². The molecule has 6 nitrogen and oxygen atoms in total. The van der Waals surface area contributed by atoms with Gasteiger partial charge >= 0.3 is 0 Å². The van der Waals surface area contributed by atoms with Crippen molar-refractivity contribution in [1.29, 1.82) is 0 Å². The van der Waals surface area contributed by atoms with Crippen molar-refractivity contribution < 1.29 is 9.59 Å². The number of aryl methyl sites for hydroxylation is 2. The van der Waals surface area contributed by atoms with Crippen LogP contribution in [0.4, 0.5) is 10.8 Å². The molecule has 138 valence electrons. The van der Waals surface area contributed by atoms with Gasteiger partial charge in [-0.25, -0.2) is 0 Å². The normalized spacial score (nSPS) is 17.7. The van der Waals surface area contributed by atoms with Crippen LogP contribution in [0, 0.1) is 19.3 Å². The maximum Gasteiger partial charge on any atom is 0.231 e. The number of amides is 2. The second-order valence-electron chi connectivity index (χ2n) is 7.82. The number of aromatic nitrogens is 2. The Morgan fingerprint density at radius 2 is 1.96 bits per heavy atom. The molecule has 2 heterocycles. The van der Waals surface area contributed by atoms with Crippen LogP contribution in [0.3, 0.4) is 0 Å². The average Bonchev–Trinajstić information content (AvgIpc) is 3.16. The fourth-order valence-electron chi connectivity index (χ4n) is 2.75. The van der Waals surface area contributed by atoms with E-state index in [9.17, 15) is 9.59 Å². The average molecular weight is 372 g/mol. The number of carbonyl (C=O) groups excluding carboxylic acids is 2. The zero-order valence-corrected chi connectivity index (χ0v) is 16.6. The van der Waals surface area contributed by atoms with E-state index in [2.05, 4.69) is 22.4 Å². The van der Waals surface area contributed by atoms with Crippen LogP contribution in [0.5, 0.6) is 0 Å². The Labute approximate surface area is 157 Å². The summed E-state index contributed by atoms with van der Waals surface area (Å²) < 4.78 is 0. The lowest BCUT2D eigenvalue weighted by Crippen LogP contribution is -2.27. The number of benzene rings is 1. The smallest absolute Gasteiger partial charge is 0.231 e. The van der Waals surface area contributed by atoms with Crippen LogP contribution in [0.25, 0.3) is 0 Å². The van der Waals surface area contributed by atoms with Crippen LogP contribution >= 0.6 is 11.3 Å². The zero-order chi connectivity index (χ0) is 19.1. The third-order valence-corrected chi connectivity index (χ3v) is 5.62. The van der Waals surface area contributed by atoms with Crippen molar-refractivity contribution in [1.82, 2.24) is 10.2 Å². The zero-order valence-electron chi connectivity index (χ0n) is 15.8. The maximum atomic E-state index is 12.5. The summed E-state index contributed by atoms with van der Waals surface area (Å²) in [6.07, 6.45) is 0.411. The third kappa shape index (κ3) is 3.77. The molecule has 7 heteroatoms. The molecule has 26 heavy (non-hydrogen) atoms. The Morgan fingerprint density at radius 1 is 1.23 bits per heavy atom. The monoisotopic (exact) mass is 372 g/mol. The van der Waals surface area contributed by atoms with E-state index < -0.39 is 5.41 Å². The molecule has 0 radical (unpaired) electrons. The summed E-state index contributed by atoms with van der Waals surface area (Å²) in [5, 5.41) is 12.3. The number of carbonyl (C=O) groups is 2. The van der Waals surface area contributed by atoms with Crippen LogP contribution < -0.4 is 10.2 Å². The molecule has 1 aliphatic heterocycles. The van der Waals surface area contributed by atoms with Gasteiger partial charge in [0.2, 0.25) is 16.9 Å². The summed E-state index contributed by atoms with van der Waals surface area (Å²) in [6, 6.07) is 6.07. The molecule has 0 aliphatic carbocycles. The Balaban J connectivity index is 1.73. The SMILES string of the molecule is Cc1ccc(N2CC(c3nnc(NC(=O)C(C)(C)C)s3)CC2=O)cc1C. The Kier molecular flexibility index (Phi) is 4.84. The minimum atomic E-state index is -0.491. The summed E-state index contributed by atoms with van der Waals surface area (Å²) in [5.74, 6) is -0.00455. The van der Waals surface area contributed by atoms with Gasteiger partial charge in [-0.1, -0.05) is 38.2 Å². The predicted octanol–water partition coefficient (Wildman–Crippen LogP) is 3.66. The van der Waals surface area contributed by atoms with Crippen molar-refractivity contribution in [3.05, 3.63) is 34.3 Å². The topological polar surface area (TPSA) is 75.2 Å². The number of rotatable bonds is 3. The molecule has 1 unspecified atom stereocenters.